The first-order valence-corrected chi connectivity index (χ1v) is 9.97. The van der Waals surface area contributed by atoms with Gasteiger partial charge in [-0.3, -0.25) is 14.4 Å². The summed E-state index contributed by atoms with van der Waals surface area (Å²) in [5, 5.41) is 0. The number of hydrogen-bond donors (Lipinski definition) is 0. The second-order valence-corrected chi connectivity index (χ2v) is 6.23. The molecule has 1 heterocycles. The molecule has 0 N–H and O–H groups in total. The van der Waals surface area contributed by atoms with E-state index < -0.39 is 35.1 Å². The van der Waals surface area contributed by atoms with E-state index in [0.29, 0.717) is 12.5 Å². The minimum Gasteiger partial charge on any atom is -0.382 e. The third kappa shape index (κ3) is 9.10. The Balaban J connectivity index is 0.00000165. The van der Waals surface area contributed by atoms with Crippen LogP contribution in [0.1, 0.15) is 61.8 Å². The predicted octanol–water partition coefficient (Wildman–Crippen LogP) is 4.60. The number of halogens is 3. The lowest BCUT2D eigenvalue weighted by Gasteiger charge is -2.20. The highest BCUT2D eigenvalue weighted by Gasteiger charge is 2.39. The number of alkyl halides is 3. The van der Waals surface area contributed by atoms with Crippen molar-refractivity contribution < 1.29 is 37.0 Å². The molecule has 1 aromatic heterocycles. The van der Waals surface area contributed by atoms with Gasteiger partial charge in [0.25, 0.3) is 0 Å². The summed E-state index contributed by atoms with van der Waals surface area (Å²) in [5.41, 5.74) is -1.64. The average Bonchev–Trinajstić information content (AvgIpc) is 2.72. The molecule has 2 rings (SSSR count). The van der Waals surface area contributed by atoms with Gasteiger partial charge in [-0.1, -0.05) is 19.9 Å². The molecule has 1 aliphatic carbocycles. The second-order valence-electron chi connectivity index (χ2n) is 6.23. The van der Waals surface area contributed by atoms with Crippen molar-refractivity contribution in [3.8, 4) is 0 Å². The molecule has 6 nitrogen and oxygen atoms in total. The Hall–Kier alpha value is -2.39. The van der Waals surface area contributed by atoms with E-state index in [1.54, 1.807) is 6.08 Å². The first kappa shape index (κ1) is 28.6. The summed E-state index contributed by atoms with van der Waals surface area (Å²) in [5.74, 6) is -3.33. The Labute approximate surface area is 180 Å². The zero-order chi connectivity index (χ0) is 24.0. The summed E-state index contributed by atoms with van der Waals surface area (Å²) in [6.45, 7) is 9.18. The molecule has 174 valence electrons. The summed E-state index contributed by atoms with van der Waals surface area (Å²) in [6, 6.07) is 1.60. The predicted molar refractivity (Wildman–Crippen MR) is 110 cm³/mol. The molecule has 1 aliphatic rings. The third-order valence-corrected chi connectivity index (χ3v) is 3.95. The normalized spacial score (nSPS) is 14.2. The third-order valence-electron chi connectivity index (χ3n) is 3.95. The van der Waals surface area contributed by atoms with E-state index >= 15 is 0 Å². The van der Waals surface area contributed by atoms with Crippen molar-refractivity contribution in [3.05, 3.63) is 41.7 Å². The highest BCUT2D eigenvalue weighted by atomic mass is 19.4. The summed E-state index contributed by atoms with van der Waals surface area (Å²) in [7, 11) is 1.43. The summed E-state index contributed by atoms with van der Waals surface area (Å²) < 4.78 is 48.7. The Kier molecular flexibility index (Phi) is 13.5. The average molecular weight is 445 g/mol. The molecule has 0 aliphatic heterocycles. The van der Waals surface area contributed by atoms with Crippen LogP contribution in [0, 0.1) is 5.92 Å². The summed E-state index contributed by atoms with van der Waals surface area (Å²) >= 11 is 0. The molecule has 0 bridgehead atoms. The number of ether oxygens (including phenoxy) is 2. The molecule has 0 radical (unpaired) electrons. The van der Waals surface area contributed by atoms with E-state index in [1.807, 2.05) is 20.8 Å². The molecular weight excluding hydrogens is 415 g/mol. The van der Waals surface area contributed by atoms with E-state index in [0.717, 1.165) is 6.07 Å². The van der Waals surface area contributed by atoms with E-state index in [9.17, 15) is 27.6 Å². The Morgan fingerprint density at radius 1 is 1.19 bits per heavy atom. The highest BCUT2D eigenvalue weighted by Crippen LogP contribution is 2.30. The maximum absolute atomic E-state index is 12.9. The van der Waals surface area contributed by atoms with Gasteiger partial charge in [0.2, 0.25) is 0 Å². The molecule has 1 aromatic rings. The maximum atomic E-state index is 12.9. The Morgan fingerprint density at radius 2 is 1.74 bits per heavy atom. The lowest BCUT2D eigenvalue weighted by atomic mass is 9.81. The number of methoxy groups -OCH3 is 1. The van der Waals surface area contributed by atoms with E-state index in [4.69, 9.17) is 9.47 Å². The molecule has 9 heteroatoms. The lowest BCUT2D eigenvalue weighted by Crippen LogP contribution is -2.36. The fourth-order valence-corrected chi connectivity index (χ4v) is 2.66. The van der Waals surface area contributed by atoms with Crippen LogP contribution < -0.4 is 0 Å². The van der Waals surface area contributed by atoms with Gasteiger partial charge in [0.1, 0.15) is 11.6 Å². The van der Waals surface area contributed by atoms with Crippen LogP contribution in [-0.2, 0) is 31.8 Å². The van der Waals surface area contributed by atoms with Gasteiger partial charge in [-0.05, 0) is 25.5 Å². The number of allylic oxidation sites excluding steroid dienone is 1. The zero-order valence-corrected chi connectivity index (χ0v) is 18.4. The van der Waals surface area contributed by atoms with E-state index in [-0.39, 0.29) is 43.9 Å². The standard InChI is InChI=1S/C17H18F3NO5.C3H6.C2H6/c1-25-7-8-26-9-11-10(5-6-14(21-11)17(18,19)20)16(24)15-12(22)3-2-4-13(15)23;1-3-2;1-2/h5-6,15H,2-4,7-9H2,1H3;3H,1H2,2H3;1-2H3. The minimum absolute atomic E-state index is 0.0867. The Morgan fingerprint density at radius 3 is 2.23 bits per heavy atom. The van der Waals surface area contributed by atoms with Crippen molar-refractivity contribution in [2.75, 3.05) is 20.3 Å². The van der Waals surface area contributed by atoms with Crippen molar-refractivity contribution >= 4 is 17.3 Å². The fraction of sp³-hybridized carbons (Fsp3) is 0.545. The quantitative estimate of drug-likeness (QED) is 0.264. The molecule has 0 unspecified atom stereocenters. The molecule has 0 spiro atoms. The van der Waals surface area contributed by atoms with Gasteiger partial charge in [-0.25, -0.2) is 4.98 Å². The zero-order valence-electron chi connectivity index (χ0n) is 18.4. The van der Waals surface area contributed by atoms with Crippen molar-refractivity contribution in [3.63, 3.8) is 0 Å². The number of Topliss-reactive ketones (excluding diaryl/α,β-unsaturated/α-hetero) is 3. The van der Waals surface area contributed by atoms with Gasteiger partial charge in [-0.2, -0.15) is 13.2 Å². The number of ketones is 3. The second kappa shape index (κ2) is 14.6. The SMILES string of the molecule is C=CC.CC.COCCOCc1nc(C(F)(F)F)ccc1C(=O)C1C(=O)CCCC1=O. The van der Waals surface area contributed by atoms with Gasteiger partial charge in [0, 0.05) is 25.5 Å². The van der Waals surface area contributed by atoms with Crippen LogP contribution in [-0.4, -0.2) is 42.7 Å². The first-order chi connectivity index (χ1) is 14.7. The molecule has 0 atom stereocenters. The molecule has 1 saturated carbocycles. The van der Waals surface area contributed by atoms with Crippen molar-refractivity contribution in [2.45, 2.75) is 52.8 Å². The number of aromatic nitrogens is 1. The lowest BCUT2D eigenvalue weighted by molar-refractivity contribution is -0.141. The van der Waals surface area contributed by atoms with Crippen molar-refractivity contribution in [2.24, 2.45) is 5.92 Å². The maximum Gasteiger partial charge on any atom is 0.433 e. The molecule has 1 fully saturated rings. The first-order valence-electron chi connectivity index (χ1n) is 9.97. The number of rotatable bonds is 7. The minimum atomic E-state index is -4.70. The van der Waals surface area contributed by atoms with E-state index in [1.165, 1.54) is 7.11 Å². The van der Waals surface area contributed by atoms with E-state index in [2.05, 4.69) is 11.6 Å². The van der Waals surface area contributed by atoms with Crippen molar-refractivity contribution in [1.82, 2.24) is 4.98 Å². The van der Waals surface area contributed by atoms with Crippen molar-refractivity contribution in [1.29, 1.82) is 0 Å². The molecule has 0 saturated heterocycles. The van der Waals surface area contributed by atoms with Gasteiger partial charge in [0.15, 0.2) is 17.3 Å². The summed E-state index contributed by atoms with van der Waals surface area (Å²) in [6.07, 6.45) is -2.38. The summed E-state index contributed by atoms with van der Waals surface area (Å²) in [4.78, 5) is 40.1. The number of hydrogen-bond acceptors (Lipinski definition) is 6. The molecule has 31 heavy (non-hydrogen) atoms. The molecule has 0 aromatic carbocycles. The van der Waals surface area contributed by atoms with Gasteiger partial charge in [0.05, 0.1) is 25.5 Å². The number of pyridine rings is 1. The molecular formula is C22H30F3NO5. The van der Waals surface area contributed by atoms with Crippen LogP contribution in [0.15, 0.2) is 24.8 Å². The smallest absolute Gasteiger partial charge is 0.382 e. The van der Waals surface area contributed by atoms with Gasteiger partial charge >= 0.3 is 6.18 Å². The van der Waals surface area contributed by atoms with Crippen LogP contribution in [0.25, 0.3) is 0 Å². The van der Waals surface area contributed by atoms with Crippen LogP contribution in [0.3, 0.4) is 0 Å². The number of nitrogens with zero attached hydrogens (tertiary/aromatic N) is 1. The topological polar surface area (TPSA) is 82.6 Å². The van der Waals surface area contributed by atoms with Crippen LogP contribution in [0.4, 0.5) is 13.2 Å². The van der Waals surface area contributed by atoms with Gasteiger partial charge in [-0.15, -0.1) is 6.58 Å². The molecule has 0 amide bonds. The number of carbonyl (C=O) groups is 3. The van der Waals surface area contributed by atoms with Crippen LogP contribution in [0.2, 0.25) is 0 Å². The number of carbonyl (C=O) groups excluding carboxylic acids is 3. The van der Waals surface area contributed by atoms with Crippen LogP contribution in [0.5, 0.6) is 0 Å². The highest BCUT2D eigenvalue weighted by molar-refractivity contribution is 6.25. The fourth-order valence-electron chi connectivity index (χ4n) is 2.66. The van der Waals surface area contributed by atoms with Gasteiger partial charge < -0.3 is 9.47 Å². The monoisotopic (exact) mass is 445 g/mol. The Bertz CT molecular complexity index is 731. The van der Waals surface area contributed by atoms with Crippen LogP contribution >= 0.6 is 0 Å². The largest absolute Gasteiger partial charge is 0.433 e.